The molecule has 0 aliphatic carbocycles. The van der Waals surface area contributed by atoms with Gasteiger partial charge in [0, 0.05) is 10.6 Å². The lowest BCUT2D eigenvalue weighted by molar-refractivity contribution is 0.0947. The molecule has 0 atom stereocenters. The molecule has 2 aromatic carbocycles. The molecule has 0 heterocycles. The van der Waals surface area contributed by atoms with Crippen molar-refractivity contribution in [3.63, 3.8) is 0 Å². The van der Waals surface area contributed by atoms with E-state index in [1.165, 1.54) is 0 Å². The number of benzene rings is 2. The Bertz CT molecular complexity index is 660. The molecule has 22 heavy (non-hydrogen) atoms. The van der Waals surface area contributed by atoms with Crippen molar-refractivity contribution in [3.05, 3.63) is 63.7 Å². The number of carbonyl (C=O) groups excluding carboxylic acids is 1. The van der Waals surface area contributed by atoms with Crippen molar-refractivity contribution in [3.8, 4) is 5.75 Å². The van der Waals surface area contributed by atoms with E-state index >= 15 is 0 Å². The molecule has 1 N–H and O–H groups in total. The molecule has 0 spiro atoms. The molecule has 0 unspecified atom stereocenters. The Morgan fingerprint density at radius 1 is 1.14 bits per heavy atom. The monoisotopic (exact) mass is 317 g/mol. The van der Waals surface area contributed by atoms with E-state index in [1.54, 1.807) is 6.07 Å². The van der Waals surface area contributed by atoms with E-state index in [4.69, 9.17) is 16.3 Å². The number of amides is 1. The maximum atomic E-state index is 12.0. The predicted molar refractivity (Wildman–Crippen MR) is 89.9 cm³/mol. The van der Waals surface area contributed by atoms with E-state index in [2.05, 4.69) is 5.32 Å². The van der Waals surface area contributed by atoms with Gasteiger partial charge in [0.15, 0.2) is 0 Å². The fourth-order valence-corrected chi connectivity index (χ4v) is 2.32. The highest BCUT2D eigenvalue weighted by Gasteiger charge is 2.06. The Balaban J connectivity index is 1.83. The number of aryl methyl sites for hydroxylation is 3. The lowest BCUT2D eigenvalue weighted by Crippen LogP contribution is -2.28. The molecule has 2 aromatic rings. The van der Waals surface area contributed by atoms with Crippen LogP contribution in [0.25, 0.3) is 0 Å². The molecule has 0 fully saturated rings. The third kappa shape index (κ3) is 4.25. The standard InChI is InChI=1S/C18H20ClNO2/c1-12-5-4-6-15(9-12)18(21)20-7-8-22-16-10-13(2)17(19)14(3)11-16/h4-6,9-11H,7-8H2,1-3H3,(H,20,21). The fraction of sp³-hybridized carbons (Fsp3) is 0.278. The number of hydrogen-bond donors (Lipinski definition) is 1. The van der Waals surface area contributed by atoms with Gasteiger partial charge < -0.3 is 10.1 Å². The van der Waals surface area contributed by atoms with Gasteiger partial charge in [-0.15, -0.1) is 0 Å². The van der Waals surface area contributed by atoms with Crippen LogP contribution in [0, 0.1) is 20.8 Å². The second kappa shape index (κ2) is 7.32. The average Bonchev–Trinajstić information content (AvgIpc) is 2.49. The van der Waals surface area contributed by atoms with Crippen LogP contribution in [0.2, 0.25) is 5.02 Å². The summed E-state index contributed by atoms with van der Waals surface area (Å²) < 4.78 is 5.66. The van der Waals surface area contributed by atoms with Gasteiger partial charge >= 0.3 is 0 Å². The molecule has 0 aliphatic rings. The molecule has 1 amide bonds. The van der Waals surface area contributed by atoms with Crippen LogP contribution in [0.15, 0.2) is 36.4 Å². The van der Waals surface area contributed by atoms with Crippen LogP contribution in [0.1, 0.15) is 27.0 Å². The minimum absolute atomic E-state index is 0.0873. The first-order valence-corrected chi connectivity index (χ1v) is 7.59. The molecule has 0 radical (unpaired) electrons. The average molecular weight is 318 g/mol. The number of rotatable bonds is 5. The first-order chi connectivity index (χ1) is 10.5. The first-order valence-electron chi connectivity index (χ1n) is 7.22. The second-order valence-electron chi connectivity index (χ2n) is 5.34. The van der Waals surface area contributed by atoms with E-state index in [0.29, 0.717) is 18.7 Å². The van der Waals surface area contributed by atoms with Gasteiger partial charge in [-0.2, -0.15) is 0 Å². The van der Waals surface area contributed by atoms with Gasteiger partial charge in [-0.3, -0.25) is 4.79 Å². The van der Waals surface area contributed by atoms with Crippen LogP contribution < -0.4 is 10.1 Å². The third-order valence-electron chi connectivity index (χ3n) is 3.35. The number of carbonyl (C=O) groups is 1. The highest BCUT2D eigenvalue weighted by Crippen LogP contribution is 2.25. The minimum atomic E-state index is -0.0873. The smallest absolute Gasteiger partial charge is 0.251 e. The predicted octanol–water partition coefficient (Wildman–Crippen LogP) is 4.07. The summed E-state index contributed by atoms with van der Waals surface area (Å²) in [6, 6.07) is 11.3. The number of ether oxygens (including phenoxy) is 1. The van der Waals surface area contributed by atoms with Crippen molar-refractivity contribution >= 4 is 17.5 Å². The first kappa shape index (κ1) is 16.4. The van der Waals surface area contributed by atoms with Crippen LogP contribution in [0.4, 0.5) is 0 Å². The third-order valence-corrected chi connectivity index (χ3v) is 3.94. The van der Waals surface area contributed by atoms with Crippen LogP contribution in [-0.4, -0.2) is 19.1 Å². The lowest BCUT2D eigenvalue weighted by Gasteiger charge is -2.11. The van der Waals surface area contributed by atoms with E-state index in [1.807, 2.05) is 51.1 Å². The van der Waals surface area contributed by atoms with Gasteiger partial charge in [0.05, 0.1) is 6.54 Å². The summed E-state index contributed by atoms with van der Waals surface area (Å²) in [5.41, 5.74) is 3.70. The lowest BCUT2D eigenvalue weighted by atomic mass is 10.1. The summed E-state index contributed by atoms with van der Waals surface area (Å²) in [4.78, 5) is 12.0. The van der Waals surface area contributed by atoms with Crippen LogP contribution in [0.3, 0.4) is 0 Å². The van der Waals surface area contributed by atoms with Crippen LogP contribution in [0.5, 0.6) is 5.75 Å². The quantitative estimate of drug-likeness (QED) is 0.844. The van der Waals surface area contributed by atoms with Crippen molar-refractivity contribution in [2.45, 2.75) is 20.8 Å². The number of nitrogens with one attached hydrogen (secondary N) is 1. The highest BCUT2D eigenvalue weighted by atomic mass is 35.5. The largest absolute Gasteiger partial charge is 0.492 e. The normalized spacial score (nSPS) is 10.4. The van der Waals surface area contributed by atoms with E-state index in [-0.39, 0.29) is 5.91 Å². The summed E-state index contributed by atoms with van der Waals surface area (Å²) in [6.07, 6.45) is 0. The Labute approximate surface area is 136 Å². The molecule has 0 aromatic heterocycles. The van der Waals surface area contributed by atoms with Gasteiger partial charge in [0.25, 0.3) is 5.91 Å². The van der Waals surface area contributed by atoms with Crippen molar-refractivity contribution in [2.75, 3.05) is 13.2 Å². The van der Waals surface area contributed by atoms with Crippen molar-refractivity contribution < 1.29 is 9.53 Å². The van der Waals surface area contributed by atoms with Crippen molar-refractivity contribution in [2.24, 2.45) is 0 Å². The van der Waals surface area contributed by atoms with Crippen LogP contribution in [-0.2, 0) is 0 Å². The second-order valence-corrected chi connectivity index (χ2v) is 5.72. The molecule has 0 bridgehead atoms. The zero-order chi connectivity index (χ0) is 16.1. The van der Waals surface area contributed by atoms with Gasteiger partial charge in [0.2, 0.25) is 0 Å². The molecule has 0 saturated heterocycles. The molecule has 0 aliphatic heterocycles. The van der Waals surface area contributed by atoms with E-state index in [9.17, 15) is 4.79 Å². The van der Waals surface area contributed by atoms with Crippen LogP contribution >= 0.6 is 11.6 Å². The van der Waals surface area contributed by atoms with Crippen molar-refractivity contribution in [1.82, 2.24) is 5.32 Å². The zero-order valence-corrected chi connectivity index (χ0v) is 13.8. The number of hydrogen-bond acceptors (Lipinski definition) is 2. The summed E-state index contributed by atoms with van der Waals surface area (Å²) in [7, 11) is 0. The molecular weight excluding hydrogens is 298 g/mol. The van der Waals surface area contributed by atoms with E-state index in [0.717, 1.165) is 27.5 Å². The van der Waals surface area contributed by atoms with Crippen molar-refractivity contribution in [1.29, 1.82) is 0 Å². The summed E-state index contributed by atoms with van der Waals surface area (Å²) >= 11 is 6.12. The fourth-order valence-electron chi connectivity index (χ4n) is 2.21. The van der Waals surface area contributed by atoms with Gasteiger partial charge in [-0.1, -0.05) is 29.3 Å². The summed E-state index contributed by atoms with van der Waals surface area (Å²) in [6.45, 7) is 6.72. The Morgan fingerprint density at radius 2 is 1.82 bits per heavy atom. The SMILES string of the molecule is Cc1cccc(C(=O)NCCOc2cc(C)c(Cl)c(C)c2)c1. The van der Waals surface area contributed by atoms with E-state index < -0.39 is 0 Å². The number of halogens is 1. The van der Waals surface area contributed by atoms with Gasteiger partial charge in [-0.25, -0.2) is 0 Å². The maximum absolute atomic E-state index is 12.0. The Kier molecular flexibility index (Phi) is 5.45. The molecule has 116 valence electrons. The minimum Gasteiger partial charge on any atom is -0.492 e. The maximum Gasteiger partial charge on any atom is 0.251 e. The molecule has 0 saturated carbocycles. The summed E-state index contributed by atoms with van der Waals surface area (Å²) in [5.74, 6) is 0.681. The molecular formula is C18H20ClNO2. The summed E-state index contributed by atoms with van der Waals surface area (Å²) in [5, 5.41) is 3.61. The highest BCUT2D eigenvalue weighted by molar-refractivity contribution is 6.32. The Hall–Kier alpha value is -2.00. The molecule has 4 heteroatoms. The molecule has 3 nitrogen and oxygen atoms in total. The zero-order valence-electron chi connectivity index (χ0n) is 13.1. The topological polar surface area (TPSA) is 38.3 Å². The van der Waals surface area contributed by atoms with Gasteiger partial charge in [0.1, 0.15) is 12.4 Å². The molecule has 2 rings (SSSR count). The Morgan fingerprint density at radius 3 is 2.45 bits per heavy atom. The van der Waals surface area contributed by atoms with Gasteiger partial charge in [-0.05, 0) is 56.2 Å².